The molecule has 0 aromatic rings. The van der Waals surface area contributed by atoms with Gasteiger partial charge >= 0.3 is 0 Å². The highest BCUT2D eigenvalue weighted by atomic mass is 16.5. The average Bonchev–Trinajstić information content (AvgIpc) is 3.03. The van der Waals surface area contributed by atoms with Crippen molar-refractivity contribution in [2.75, 3.05) is 65.8 Å². The van der Waals surface area contributed by atoms with Gasteiger partial charge in [0.25, 0.3) is 0 Å². The lowest BCUT2D eigenvalue weighted by Crippen LogP contribution is -2.62. The van der Waals surface area contributed by atoms with Gasteiger partial charge in [-0.2, -0.15) is 0 Å². The van der Waals surface area contributed by atoms with Gasteiger partial charge in [-0.05, 0) is 113 Å². The van der Waals surface area contributed by atoms with E-state index in [9.17, 15) is 40.9 Å². The molecule has 6 aliphatic rings. The quantitative estimate of drug-likeness (QED) is 0.0840. The topological polar surface area (TPSA) is 187 Å². The van der Waals surface area contributed by atoms with Gasteiger partial charge in [0.05, 0.1) is 50.7 Å². The monoisotopic (exact) mass is 672 g/mol. The van der Waals surface area contributed by atoms with Crippen molar-refractivity contribution in [1.82, 2.24) is 9.80 Å². The third-order valence-corrected chi connectivity index (χ3v) is 12.5. The average molecular weight is 673 g/mol. The Morgan fingerprint density at radius 2 is 0.957 bits per heavy atom. The molecule has 0 aromatic carbocycles. The third kappa shape index (κ3) is 9.25. The van der Waals surface area contributed by atoms with E-state index < -0.39 is 48.7 Å². The molecule has 2 aliphatic heterocycles. The van der Waals surface area contributed by atoms with E-state index in [2.05, 4.69) is 0 Å². The maximum atomic E-state index is 10.2. The molecular formula is C35H64N2O10. The summed E-state index contributed by atoms with van der Waals surface area (Å²) in [5, 5.41) is 79.8. The van der Waals surface area contributed by atoms with Crippen LogP contribution in [0.1, 0.15) is 77.0 Å². The molecule has 4 bridgehead atoms. The number of nitrogens with zero attached hydrogens (tertiary/aromatic N) is 2. The van der Waals surface area contributed by atoms with E-state index >= 15 is 0 Å². The summed E-state index contributed by atoms with van der Waals surface area (Å²) < 4.78 is 12.7. The zero-order chi connectivity index (χ0) is 33.6. The van der Waals surface area contributed by atoms with Gasteiger partial charge in [0, 0.05) is 32.2 Å². The molecule has 12 heteroatoms. The van der Waals surface area contributed by atoms with Gasteiger partial charge in [-0.3, -0.25) is 9.80 Å². The highest BCUT2D eigenvalue weighted by Crippen LogP contribution is 2.62. The molecule has 274 valence electrons. The molecular weight excluding hydrogens is 608 g/mol. The fourth-order valence-corrected chi connectivity index (χ4v) is 10.2. The number of β-amino-alcohol motifs (C(OH)–C–C–N with tert-alkyl or cyclic N) is 2. The van der Waals surface area contributed by atoms with Crippen molar-refractivity contribution < 1.29 is 50.3 Å². The van der Waals surface area contributed by atoms with Gasteiger partial charge in [0.1, 0.15) is 24.4 Å². The molecule has 2 saturated heterocycles. The number of aliphatic hydroxyl groups excluding tert-OH is 8. The SMILES string of the molecule is OC[C@@H]1[C@@H](O)[C@H](O)[C@@H](O)CN1CCCCCOCC(COCCCCCN1C[C@H](O)[C@@H](O)[C@H](O)[C@H]1CO)C12CC3CC(CC(C3)C1)C2. The first-order valence-corrected chi connectivity index (χ1v) is 18.6. The Bertz CT molecular complexity index is 846. The summed E-state index contributed by atoms with van der Waals surface area (Å²) >= 11 is 0. The van der Waals surface area contributed by atoms with E-state index in [-0.39, 0.29) is 26.3 Å². The zero-order valence-corrected chi connectivity index (χ0v) is 28.3. The van der Waals surface area contributed by atoms with Crippen LogP contribution in [0.3, 0.4) is 0 Å². The third-order valence-electron chi connectivity index (χ3n) is 12.5. The highest BCUT2D eigenvalue weighted by molar-refractivity contribution is 5.04. The second-order valence-electron chi connectivity index (χ2n) is 15.8. The number of aliphatic hydroxyl groups is 8. The fourth-order valence-electron chi connectivity index (χ4n) is 10.2. The van der Waals surface area contributed by atoms with Crippen molar-refractivity contribution in [2.24, 2.45) is 29.1 Å². The number of hydrogen-bond acceptors (Lipinski definition) is 12. The van der Waals surface area contributed by atoms with E-state index in [1.165, 1.54) is 38.5 Å². The first kappa shape index (κ1) is 37.8. The predicted octanol–water partition coefficient (Wildman–Crippen LogP) is -0.289. The maximum Gasteiger partial charge on any atom is 0.109 e. The van der Waals surface area contributed by atoms with E-state index in [0.29, 0.717) is 37.6 Å². The van der Waals surface area contributed by atoms with Crippen LogP contribution in [-0.4, -0.2) is 165 Å². The van der Waals surface area contributed by atoms with Crippen LogP contribution >= 0.6 is 0 Å². The first-order chi connectivity index (χ1) is 22.7. The summed E-state index contributed by atoms with van der Waals surface area (Å²) in [5.74, 6) is 2.96. The number of rotatable bonds is 19. The summed E-state index contributed by atoms with van der Waals surface area (Å²) in [7, 11) is 0. The van der Waals surface area contributed by atoms with Crippen molar-refractivity contribution in [3.63, 3.8) is 0 Å². The summed E-state index contributed by atoms with van der Waals surface area (Å²) in [6.45, 7) is 4.06. The fraction of sp³-hybridized carbons (Fsp3) is 1.00. The van der Waals surface area contributed by atoms with Crippen molar-refractivity contribution in [3.05, 3.63) is 0 Å². The minimum absolute atomic E-state index is 0.245. The zero-order valence-electron chi connectivity index (χ0n) is 28.3. The van der Waals surface area contributed by atoms with Crippen LogP contribution < -0.4 is 0 Å². The molecule has 6 rings (SSSR count). The lowest BCUT2D eigenvalue weighted by Gasteiger charge is -2.59. The lowest BCUT2D eigenvalue weighted by molar-refractivity contribution is -0.145. The Hall–Kier alpha value is -0.480. The highest BCUT2D eigenvalue weighted by Gasteiger charge is 2.54. The standard InChI is InChI=1S/C35H64N2O10/c38-19-27-31(42)33(44)29(40)17-36(27)7-3-1-5-9-46-21-26(35-14-23-11-24(15-35)13-25(12-23)16-35)22-47-10-6-2-4-8-37-18-30(41)34(45)32(43)28(37)20-39/h23-34,38-45H,1-22H2/t23?,24?,25?,27-,28-,29+,30+,31-,32-,33-,34-,35?/m1/s1. The normalized spacial score (nSPS) is 40.9. The molecule has 0 spiro atoms. The molecule has 4 aliphatic carbocycles. The molecule has 0 radical (unpaired) electrons. The molecule has 47 heavy (non-hydrogen) atoms. The van der Waals surface area contributed by atoms with Crippen molar-refractivity contribution in [3.8, 4) is 0 Å². The maximum absolute atomic E-state index is 10.2. The summed E-state index contributed by atoms with van der Waals surface area (Å²) in [6, 6.07) is -1.12. The molecule has 12 nitrogen and oxygen atoms in total. The van der Waals surface area contributed by atoms with Crippen molar-refractivity contribution >= 4 is 0 Å². The number of piperidine rings is 2. The van der Waals surface area contributed by atoms with Gasteiger partial charge in [0.15, 0.2) is 0 Å². The Labute approximate surface area is 280 Å². The predicted molar refractivity (Wildman–Crippen MR) is 174 cm³/mol. The number of hydrogen-bond donors (Lipinski definition) is 8. The molecule has 0 unspecified atom stereocenters. The van der Waals surface area contributed by atoms with Gasteiger partial charge in [-0.15, -0.1) is 0 Å². The van der Waals surface area contributed by atoms with Crippen LogP contribution in [0.25, 0.3) is 0 Å². The van der Waals surface area contributed by atoms with Gasteiger partial charge in [-0.25, -0.2) is 0 Å². The van der Waals surface area contributed by atoms with Crippen molar-refractivity contribution in [1.29, 1.82) is 0 Å². The van der Waals surface area contributed by atoms with Crippen LogP contribution in [0, 0.1) is 29.1 Å². The molecule has 0 aromatic heterocycles. The summed E-state index contributed by atoms with van der Waals surface area (Å²) in [6.07, 6.45) is 6.75. The van der Waals surface area contributed by atoms with Gasteiger partial charge in [-0.1, -0.05) is 0 Å². The number of unbranched alkanes of at least 4 members (excludes halogenated alkanes) is 4. The van der Waals surface area contributed by atoms with E-state index in [4.69, 9.17) is 9.47 Å². The second-order valence-corrected chi connectivity index (χ2v) is 15.8. The van der Waals surface area contributed by atoms with Crippen LogP contribution in [-0.2, 0) is 9.47 Å². The molecule has 2 heterocycles. The molecule has 8 N–H and O–H groups in total. The molecule has 8 atom stereocenters. The Morgan fingerprint density at radius 3 is 1.34 bits per heavy atom. The lowest BCUT2D eigenvalue weighted by atomic mass is 9.46. The summed E-state index contributed by atoms with van der Waals surface area (Å²) in [4.78, 5) is 3.76. The Morgan fingerprint density at radius 1 is 0.553 bits per heavy atom. The molecule has 6 fully saturated rings. The first-order valence-electron chi connectivity index (χ1n) is 18.6. The van der Waals surface area contributed by atoms with Crippen LogP contribution in [0.15, 0.2) is 0 Å². The number of ether oxygens (including phenoxy) is 2. The number of likely N-dealkylation sites (tertiary alicyclic amines) is 2. The minimum Gasteiger partial charge on any atom is -0.395 e. The Kier molecular flexibility index (Phi) is 14.2. The smallest absolute Gasteiger partial charge is 0.109 e. The van der Waals surface area contributed by atoms with E-state index in [1.807, 2.05) is 9.80 Å². The van der Waals surface area contributed by atoms with E-state index in [0.717, 1.165) is 69.5 Å². The van der Waals surface area contributed by atoms with Crippen LogP contribution in [0.5, 0.6) is 0 Å². The van der Waals surface area contributed by atoms with Crippen molar-refractivity contribution in [2.45, 2.75) is 126 Å². The largest absolute Gasteiger partial charge is 0.395 e. The van der Waals surface area contributed by atoms with Crippen LogP contribution in [0.2, 0.25) is 0 Å². The summed E-state index contributed by atoms with van der Waals surface area (Å²) in [5.41, 5.74) is 0.328. The van der Waals surface area contributed by atoms with Gasteiger partial charge < -0.3 is 50.3 Å². The van der Waals surface area contributed by atoms with Gasteiger partial charge in [0.2, 0.25) is 0 Å². The Balaban J connectivity index is 1.01. The molecule has 4 saturated carbocycles. The van der Waals surface area contributed by atoms with Crippen LogP contribution in [0.4, 0.5) is 0 Å². The second kappa shape index (κ2) is 17.6. The molecule has 0 amide bonds. The minimum atomic E-state index is -1.23. The van der Waals surface area contributed by atoms with E-state index in [1.54, 1.807) is 0 Å².